The average molecular weight is 366 g/mol. The molecule has 0 saturated heterocycles. The Bertz CT molecular complexity index is 991. The number of ether oxygens (including phenoxy) is 1. The van der Waals surface area contributed by atoms with Crippen molar-refractivity contribution < 1.29 is 23.6 Å². The first-order valence-corrected chi connectivity index (χ1v) is 8.38. The van der Waals surface area contributed by atoms with E-state index < -0.39 is 12.1 Å². The van der Waals surface area contributed by atoms with Crippen LogP contribution in [0.1, 0.15) is 29.9 Å². The van der Waals surface area contributed by atoms with Crippen molar-refractivity contribution in [3.8, 4) is 0 Å². The van der Waals surface area contributed by atoms with Gasteiger partial charge >= 0.3 is 5.97 Å². The SMILES string of the molecule is CC(=O)Nc1ccc(C(=O)[C@@H](C)OC(=O)Cc2noc3ccccc23)cc1. The van der Waals surface area contributed by atoms with Gasteiger partial charge in [-0.15, -0.1) is 0 Å². The normalized spacial score (nSPS) is 11.8. The number of carbonyl (C=O) groups excluding carboxylic acids is 3. The van der Waals surface area contributed by atoms with Gasteiger partial charge in [-0.05, 0) is 43.3 Å². The number of nitrogens with zero attached hydrogens (tertiary/aromatic N) is 1. The van der Waals surface area contributed by atoms with Crippen LogP contribution >= 0.6 is 0 Å². The molecule has 2 aromatic carbocycles. The van der Waals surface area contributed by atoms with E-state index in [9.17, 15) is 14.4 Å². The Labute approximate surface area is 155 Å². The van der Waals surface area contributed by atoms with Crippen LogP contribution in [0.2, 0.25) is 0 Å². The fraction of sp³-hybridized carbons (Fsp3) is 0.200. The summed E-state index contributed by atoms with van der Waals surface area (Å²) in [7, 11) is 0. The highest BCUT2D eigenvalue weighted by molar-refractivity contribution is 6.01. The van der Waals surface area contributed by atoms with Crippen molar-refractivity contribution in [1.29, 1.82) is 0 Å². The third-order valence-corrected chi connectivity index (χ3v) is 3.93. The first-order valence-electron chi connectivity index (χ1n) is 8.38. The van der Waals surface area contributed by atoms with Gasteiger partial charge in [-0.3, -0.25) is 14.4 Å². The van der Waals surface area contributed by atoms with E-state index in [0.29, 0.717) is 22.5 Å². The molecule has 0 aliphatic heterocycles. The van der Waals surface area contributed by atoms with Crippen LogP contribution in [0.15, 0.2) is 53.1 Å². The summed E-state index contributed by atoms with van der Waals surface area (Å²) in [4.78, 5) is 35.6. The quantitative estimate of drug-likeness (QED) is 0.531. The van der Waals surface area contributed by atoms with Crippen LogP contribution in [0.5, 0.6) is 0 Å². The Balaban J connectivity index is 1.62. The maximum absolute atomic E-state index is 12.4. The molecule has 7 nitrogen and oxygen atoms in total. The minimum atomic E-state index is -0.942. The number of nitrogens with one attached hydrogen (secondary N) is 1. The van der Waals surface area contributed by atoms with Crippen LogP contribution in [0.4, 0.5) is 5.69 Å². The molecule has 0 saturated carbocycles. The maximum atomic E-state index is 12.4. The van der Waals surface area contributed by atoms with Gasteiger partial charge in [-0.1, -0.05) is 17.3 Å². The third kappa shape index (κ3) is 4.38. The molecule has 138 valence electrons. The number of amides is 1. The van der Waals surface area contributed by atoms with Gasteiger partial charge in [0.2, 0.25) is 11.7 Å². The number of benzene rings is 2. The molecular weight excluding hydrogens is 348 g/mol. The second-order valence-electron chi connectivity index (χ2n) is 6.06. The molecular formula is C20H18N2O5. The molecule has 1 N–H and O–H groups in total. The standard InChI is InChI=1S/C20H18N2O5/c1-12(20(25)14-7-9-15(10-8-14)21-13(2)23)26-19(24)11-17-16-5-3-4-6-18(16)27-22-17/h3-10,12H,11H2,1-2H3,(H,21,23)/t12-/m1/s1. The first-order chi connectivity index (χ1) is 12.9. The minimum absolute atomic E-state index is 0.0872. The molecule has 0 spiro atoms. The first kappa shape index (κ1) is 18.3. The molecule has 1 amide bonds. The largest absolute Gasteiger partial charge is 0.454 e. The minimum Gasteiger partial charge on any atom is -0.454 e. The van der Waals surface area contributed by atoms with Gasteiger partial charge in [-0.2, -0.15) is 0 Å². The van der Waals surface area contributed by atoms with E-state index in [4.69, 9.17) is 9.26 Å². The lowest BCUT2D eigenvalue weighted by molar-refractivity contribution is -0.145. The Morgan fingerprint density at radius 2 is 1.81 bits per heavy atom. The van der Waals surface area contributed by atoms with Crippen molar-refractivity contribution >= 4 is 34.3 Å². The molecule has 0 unspecified atom stereocenters. The molecule has 0 aliphatic rings. The van der Waals surface area contributed by atoms with E-state index >= 15 is 0 Å². The summed E-state index contributed by atoms with van der Waals surface area (Å²) >= 11 is 0. The Hall–Kier alpha value is -3.48. The number of carbonyl (C=O) groups is 3. The number of rotatable bonds is 6. The molecule has 0 radical (unpaired) electrons. The van der Waals surface area contributed by atoms with E-state index in [1.807, 2.05) is 12.1 Å². The number of para-hydroxylation sites is 1. The second kappa shape index (κ2) is 7.82. The van der Waals surface area contributed by atoms with E-state index in [0.717, 1.165) is 5.39 Å². The molecule has 1 atom stereocenters. The zero-order valence-electron chi connectivity index (χ0n) is 14.9. The number of fused-ring (bicyclic) bond motifs is 1. The van der Waals surface area contributed by atoms with Crippen LogP contribution in [0.25, 0.3) is 11.0 Å². The predicted octanol–water partition coefficient (Wildman–Crippen LogP) is 3.14. The molecule has 0 bridgehead atoms. The number of esters is 1. The topological polar surface area (TPSA) is 98.5 Å². The Morgan fingerprint density at radius 3 is 2.52 bits per heavy atom. The summed E-state index contributed by atoms with van der Waals surface area (Å²) in [5, 5.41) is 7.24. The second-order valence-corrected chi connectivity index (χ2v) is 6.06. The summed E-state index contributed by atoms with van der Waals surface area (Å²) in [6.45, 7) is 2.92. The van der Waals surface area contributed by atoms with Crippen molar-refractivity contribution in [1.82, 2.24) is 5.16 Å². The third-order valence-electron chi connectivity index (χ3n) is 3.93. The van der Waals surface area contributed by atoms with Gasteiger partial charge in [-0.25, -0.2) is 0 Å². The Morgan fingerprint density at radius 1 is 1.11 bits per heavy atom. The number of hydrogen-bond acceptors (Lipinski definition) is 6. The number of ketones is 1. The van der Waals surface area contributed by atoms with E-state index in [1.54, 1.807) is 36.4 Å². The molecule has 7 heteroatoms. The van der Waals surface area contributed by atoms with Gasteiger partial charge in [0.15, 0.2) is 11.7 Å². The fourth-order valence-electron chi connectivity index (χ4n) is 2.65. The van der Waals surface area contributed by atoms with Crippen LogP contribution in [0.3, 0.4) is 0 Å². The zero-order valence-corrected chi connectivity index (χ0v) is 14.9. The van der Waals surface area contributed by atoms with Gasteiger partial charge < -0.3 is 14.6 Å². The number of Topliss-reactive ketones (excluding diaryl/α,β-unsaturated/α-hetero) is 1. The number of hydrogen-bond donors (Lipinski definition) is 1. The van der Waals surface area contributed by atoms with Crippen LogP contribution in [-0.4, -0.2) is 28.9 Å². The molecule has 1 heterocycles. The van der Waals surface area contributed by atoms with E-state index in [-0.39, 0.29) is 18.1 Å². The molecule has 0 fully saturated rings. The summed E-state index contributed by atoms with van der Waals surface area (Å²) in [6.07, 6.45) is -1.03. The van der Waals surface area contributed by atoms with Crippen LogP contribution in [0, 0.1) is 0 Å². The predicted molar refractivity (Wildman–Crippen MR) is 98.3 cm³/mol. The van der Waals surface area contributed by atoms with Crippen molar-refractivity contribution in [2.45, 2.75) is 26.4 Å². The summed E-state index contributed by atoms with van der Waals surface area (Å²) in [5.41, 5.74) is 2.02. The van der Waals surface area contributed by atoms with Gasteiger partial charge in [0, 0.05) is 23.6 Å². The maximum Gasteiger partial charge on any atom is 0.312 e. The molecule has 1 aromatic heterocycles. The lowest BCUT2D eigenvalue weighted by atomic mass is 10.1. The summed E-state index contributed by atoms with van der Waals surface area (Å²) in [5.74, 6) is -1.09. The summed E-state index contributed by atoms with van der Waals surface area (Å²) in [6, 6.07) is 13.6. The average Bonchev–Trinajstić information content (AvgIpc) is 3.04. The van der Waals surface area contributed by atoms with Crippen LogP contribution < -0.4 is 5.32 Å². The van der Waals surface area contributed by atoms with E-state index in [1.165, 1.54) is 13.8 Å². The monoisotopic (exact) mass is 366 g/mol. The molecule has 0 aliphatic carbocycles. The highest BCUT2D eigenvalue weighted by atomic mass is 16.5. The zero-order chi connectivity index (χ0) is 19.4. The molecule has 27 heavy (non-hydrogen) atoms. The van der Waals surface area contributed by atoms with Crippen molar-refractivity contribution in [3.05, 3.63) is 59.8 Å². The molecule has 3 rings (SSSR count). The van der Waals surface area contributed by atoms with Crippen molar-refractivity contribution in [2.75, 3.05) is 5.32 Å². The van der Waals surface area contributed by atoms with Crippen LogP contribution in [-0.2, 0) is 20.7 Å². The lowest BCUT2D eigenvalue weighted by Crippen LogP contribution is -2.25. The van der Waals surface area contributed by atoms with Gasteiger partial charge in [0.25, 0.3) is 0 Å². The number of anilines is 1. The van der Waals surface area contributed by atoms with E-state index in [2.05, 4.69) is 10.5 Å². The van der Waals surface area contributed by atoms with Crippen molar-refractivity contribution in [2.24, 2.45) is 0 Å². The summed E-state index contributed by atoms with van der Waals surface area (Å²) < 4.78 is 10.4. The fourth-order valence-corrected chi connectivity index (χ4v) is 2.65. The Kier molecular flexibility index (Phi) is 5.30. The smallest absolute Gasteiger partial charge is 0.312 e. The van der Waals surface area contributed by atoms with Crippen molar-refractivity contribution in [3.63, 3.8) is 0 Å². The van der Waals surface area contributed by atoms with Gasteiger partial charge in [0.1, 0.15) is 5.69 Å². The van der Waals surface area contributed by atoms with Gasteiger partial charge in [0.05, 0.1) is 6.42 Å². The highest BCUT2D eigenvalue weighted by Gasteiger charge is 2.21. The highest BCUT2D eigenvalue weighted by Crippen LogP contribution is 2.19. The number of aromatic nitrogens is 1. The lowest BCUT2D eigenvalue weighted by Gasteiger charge is -2.12. The molecule has 3 aromatic rings.